The van der Waals surface area contributed by atoms with Gasteiger partial charge in [0.15, 0.2) is 17.4 Å². The Morgan fingerprint density at radius 2 is 0.919 bits per heavy atom. The van der Waals surface area contributed by atoms with Crippen LogP contribution >= 0.6 is 68.4 Å². The quantitative estimate of drug-likeness (QED) is 0.00961. The van der Waals surface area contributed by atoms with Gasteiger partial charge in [-0.05, 0) is 54.3 Å². The van der Waals surface area contributed by atoms with Crippen LogP contribution in [-0.4, -0.2) is 44.0 Å². The first kappa shape index (κ1) is 79.7. The Labute approximate surface area is 677 Å². The van der Waals surface area contributed by atoms with Gasteiger partial charge in [-0.1, -0.05) is 98.3 Å². The summed E-state index contributed by atoms with van der Waals surface area (Å²) in [7, 11) is 0. The van der Waals surface area contributed by atoms with Crippen LogP contribution in [0.1, 0.15) is 261 Å². The Bertz CT molecular complexity index is 5530. The molecule has 14 rings (SSSR count). The average Bonchev–Trinajstić information content (AvgIpc) is 1.50. The average molecular weight is 1660 g/mol. The van der Waals surface area contributed by atoms with Gasteiger partial charge in [0.05, 0.1) is 12.6 Å². The number of allylic oxidation sites excluding steroid dienone is 6. The second-order valence-electron chi connectivity index (χ2n) is 30.0. The number of fused-ring (bicyclic) bond motifs is 16. The van der Waals surface area contributed by atoms with Gasteiger partial charge in [-0.3, -0.25) is 4.79 Å². The molecule has 2 unspecified atom stereocenters. The molecule has 3 aromatic carbocycles. The van der Waals surface area contributed by atoms with Crippen molar-refractivity contribution in [2.24, 2.45) is 11.8 Å². The number of nitrogens with zero attached hydrogens (tertiary/aromatic N) is 8. The van der Waals surface area contributed by atoms with Crippen LogP contribution in [0.25, 0.3) is 124 Å². The second kappa shape index (κ2) is 35.6. The van der Waals surface area contributed by atoms with E-state index in [1.807, 2.05) is 69.6 Å². The van der Waals surface area contributed by atoms with Gasteiger partial charge in [-0.2, -0.15) is 0 Å². The zero-order valence-electron chi connectivity index (χ0n) is 63.9. The molecular weight excluding hydrogens is 1570 g/mol. The van der Waals surface area contributed by atoms with Crippen LogP contribution in [0, 0.1) is 70.9 Å². The van der Waals surface area contributed by atoms with Gasteiger partial charge in [-0.15, -0.1) is 11.3 Å². The molecule has 9 heterocycles. The Morgan fingerprint density at radius 1 is 0.495 bits per heavy atom. The van der Waals surface area contributed by atoms with Gasteiger partial charge in [0.25, 0.3) is 5.70 Å². The van der Waals surface area contributed by atoms with E-state index < -0.39 is 34.8 Å². The van der Waals surface area contributed by atoms with Gasteiger partial charge in [-0.25, -0.2) is 18.9 Å². The molecule has 21 heteroatoms. The van der Waals surface area contributed by atoms with E-state index in [4.69, 9.17) is 21.9 Å². The molecule has 0 amide bonds. The molecule has 2 aliphatic rings. The molecule has 0 fully saturated rings. The van der Waals surface area contributed by atoms with Crippen LogP contribution in [0.5, 0.6) is 0 Å². The first-order valence-electron chi connectivity index (χ1n) is 40.0. The molecule has 2 aliphatic carbocycles. The zero-order chi connectivity index (χ0) is 77.7. The van der Waals surface area contributed by atoms with Crippen molar-refractivity contribution in [3.63, 3.8) is 0 Å². The summed E-state index contributed by atoms with van der Waals surface area (Å²) < 4.78 is 85.6. The molecule has 111 heavy (non-hydrogen) atoms. The van der Waals surface area contributed by atoms with Gasteiger partial charge in [0.2, 0.25) is 0 Å². The van der Waals surface area contributed by atoms with E-state index in [-0.39, 0.29) is 70.4 Å². The number of ketones is 2. The topological polar surface area (TPSA) is 126 Å². The third-order valence-corrected chi connectivity index (χ3v) is 32.3. The number of hydrogen-bond acceptors (Lipinski definition) is 12. The Balaban J connectivity index is 0.980. The van der Waals surface area contributed by atoms with Crippen molar-refractivity contribution in [1.29, 1.82) is 10.5 Å². The zero-order valence-corrected chi connectivity index (χ0v) is 70.5. The van der Waals surface area contributed by atoms with Crippen LogP contribution in [0.2, 0.25) is 0 Å². The molecule has 0 saturated carbocycles. The molecule has 10 nitrogen and oxygen atoms in total. The number of thiophene rings is 5. The number of carbonyl (C=O) groups excluding carboxylic acids is 2. The van der Waals surface area contributed by atoms with Crippen LogP contribution in [0.4, 0.5) is 17.6 Å². The predicted octanol–water partition coefficient (Wildman–Crippen LogP) is 28.9. The summed E-state index contributed by atoms with van der Waals surface area (Å²) in [5.41, 5.74) is 8.86. The predicted molar refractivity (Wildman–Crippen MR) is 460 cm³/mol. The van der Waals surface area contributed by atoms with Crippen molar-refractivity contribution in [2.45, 2.75) is 234 Å². The first-order valence-corrected chi connectivity index (χ1v) is 46.5. The van der Waals surface area contributed by atoms with Crippen molar-refractivity contribution in [3.05, 3.63) is 160 Å². The molecular formula is C90H90F4N8O2S6Se. The van der Waals surface area contributed by atoms with Gasteiger partial charge in [0.1, 0.15) is 0 Å². The standard InChI is InChI=1S/C90H90F4N8O2S6Se/c1-9-15-19-21-23-25-27-29-31-35-55-83(69-39-37-53(105-69)41-61-71(67(47-95)97-7)57-43-63(91)65(93)45-59(57)81(61)103)106-89-79-87(108-85(55)89)73-75-76(100-110-99-75)74-78(77(73)101(79)49-51(13-5)33-17-11-3)102(50-52(14-6)34-18-12-4)80-88(74)109-86-56(36-32-30-28-26-24-22-20-16-10-2)84(107-90(80)86)70-40-38-54(111-70)42-62-72(68(48-96)98-8)58-44-64(92)66(94)46-60(58)82(62)104/h37-46,51-52H,9-36,49-50H2,1-6H3/b61-41-,62-42-,71-67+,72-68?. The molecule has 0 saturated heterocycles. The number of unbranched alkanes of at least 4 members (excludes halogenated alkanes) is 18. The van der Waals surface area contributed by atoms with Crippen molar-refractivity contribution < 1.29 is 27.2 Å². The van der Waals surface area contributed by atoms with E-state index >= 15 is 0 Å². The van der Waals surface area contributed by atoms with Crippen LogP contribution in [0.3, 0.4) is 0 Å². The van der Waals surface area contributed by atoms with Gasteiger partial charge >= 0.3 is 428 Å². The summed E-state index contributed by atoms with van der Waals surface area (Å²) in [5, 5.41) is 22.8. The molecule has 0 radical (unpaired) electrons. The molecule has 0 spiro atoms. The van der Waals surface area contributed by atoms with Gasteiger partial charge < -0.3 is 0 Å². The van der Waals surface area contributed by atoms with Crippen LogP contribution in [-0.2, 0) is 25.9 Å². The molecule has 572 valence electrons. The molecule has 0 bridgehead atoms. The van der Waals surface area contributed by atoms with Crippen molar-refractivity contribution in [3.8, 4) is 31.2 Å². The minimum atomic E-state index is -1.18. The van der Waals surface area contributed by atoms with Crippen molar-refractivity contribution >= 4 is 190 Å². The Hall–Kier alpha value is -7.92. The van der Waals surface area contributed by atoms with E-state index in [2.05, 4.69) is 72.5 Å². The van der Waals surface area contributed by atoms with E-state index in [0.717, 1.165) is 165 Å². The summed E-state index contributed by atoms with van der Waals surface area (Å²) >= 11 is 10.0. The number of aryl methyl sites for hydroxylation is 2. The number of nitriles is 2. The van der Waals surface area contributed by atoms with Gasteiger partial charge in [0, 0.05) is 31.3 Å². The van der Waals surface area contributed by atoms with E-state index in [1.54, 1.807) is 12.2 Å². The summed E-state index contributed by atoms with van der Waals surface area (Å²) in [5.74, 6) is -5.03. The fraction of sp³-hybridized carbons (Fsp3) is 0.422. The number of halogens is 4. The Kier molecular flexibility index (Phi) is 25.6. The fourth-order valence-corrected chi connectivity index (χ4v) is 26.8. The van der Waals surface area contributed by atoms with Crippen LogP contribution in [0.15, 0.2) is 71.1 Å². The van der Waals surface area contributed by atoms with Crippen molar-refractivity contribution in [2.75, 3.05) is 0 Å². The van der Waals surface area contributed by atoms with Crippen LogP contribution < -0.4 is 0 Å². The number of carbonyl (C=O) groups is 2. The third kappa shape index (κ3) is 15.4. The normalized spacial score (nSPS) is 15.3. The van der Waals surface area contributed by atoms with E-state index in [0.29, 0.717) is 16.7 Å². The summed E-state index contributed by atoms with van der Waals surface area (Å²) in [4.78, 5) is 39.7. The number of benzene rings is 3. The molecule has 0 aliphatic heterocycles. The molecule has 12 aromatic rings. The molecule has 9 aromatic heterocycles. The third-order valence-electron chi connectivity index (χ3n) is 22.8. The number of hydrogen-bond donors (Lipinski definition) is 0. The minimum absolute atomic E-state index is 0.0143. The molecule has 0 N–H and O–H groups in total. The fourth-order valence-electron chi connectivity index (χ4n) is 16.9. The monoisotopic (exact) mass is 1660 g/mol. The SMILES string of the molecule is [C-]#[N+]C(C#N)=C1/C(=C/c2ccc(-c3sc4c(sc5c6c7nsnc7c7c8sc9c(CCCCCCCCCCC)c(-c%10ccc(/C=C%11\C(=O)c%12cc(F)c(F)cc%12\C%11=C(\C#N)[N+]#[C-])s%10)sc9c8n(CC(CC)CCCC)c7c6n(CC(CC)CCCC)c45)c3CCCCCCCCCCC)[se]2)C(=O)c2cc(F)c(F)cc21. The Morgan fingerprint density at radius 3 is 1.36 bits per heavy atom. The summed E-state index contributed by atoms with van der Waals surface area (Å²) in [6.45, 7) is 31.3. The maximum atomic E-state index is 15.0. The number of aromatic nitrogens is 4. The summed E-state index contributed by atoms with van der Waals surface area (Å²) in [6, 6.07) is 15.8. The second-order valence-corrected chi connectivity index (χ2v) is 38.1. The van der Waals surface area contributed by atoms with Crippen molar-refractivity contribution in [1.82, 2.24) is 17.9 Å². The number of Topliss-reactive ketones (excluding diaryl/α,β-unsaturated/α-hetero) is 2. The first-order chi connectivity index (χ1) is 54.2. The van der Waals surface area contributed by atoms with E-state index in [9.17, 15) is 37.7 Å². The van der Waals surface area contributed by atoms with E-state index in [1.165, 1.54) is 182 Å². The molecule has 2 atom stereocenters. The number of rotatable bonds is 36. The maximum absolute atomic E-state index is 15.0. The summed E-state index contributed by atoms with van der Waals surface area (Å²) in [6.07, 6.45) is 35.4.